The van der Waals surface area contributed by atoms with Gasteiger partial charge in [0.1, 0.15) is 5.75 Å². The van der Waals surface area contributed by atoms with Crippen LogP contribution in [0.3, 0.4) is 0 Å². The second kappa shape index (κ2) is 10.1. The maximum atomic E-state index is 12.1. The summed E-state index contributed by atoms with van der Waals surface area (Å²) < 4.78 is 16.1. The lowest BCUT2D eigenvalue weighted by atomic mass is 10.2. The van der Waals surface area contributed by atoms with Crippen LogP contribution in [-0.2, 0) is 4.79 Å². The first kappa shape index (κ1) is 20.2. The fraction of sp³-hybridized carbons (Fsp3) is 0.286. The third-order valence-electron chi connectivity index (χ3n) is 4.09. The summed E-state index contributed by atoms with van der Waals surface area (Å²) in [4.78, 5) is 24.0. The lowest BCUT2D eigenvalue weighted by molar-refractivity contribution is -0.120. The van der Waals surface area contributed by atoms with E-state index in [0.717, 1.165) is 18.4 Å². The Kier molecular flexibility index (Phi) is 7.05. The van der Waals surface area contributed by atoms with Gasteiger partial charge in [0, 0.05) is 5.56 Å². The predicted octanol–water partition coefficient (Wildman–Crippen LogP) is 2.47. The summed E-state index contributed by atoms with van der Waals surface area (Å²) in [6.45, 7) is 2.75. The van der Waals surface area contributed by atoms with E-state index in [0.29, 0.717) is 29.4 Å². The topological polar surface area (TPSA) is 98.2 Å². The van der Waals surface area contributed by atoms with Gasteiger partial charge in [-0.3, -0.25) is 9.59 Å². The van der Waals surface area contributed by atoms with Crippen LogP contribution in [0.2, 0.25) is 0 Å². The number of amides is 2. The van der Waals surface area contributed by atoms with Crippen LogP contribution in [0.4, 0.5) is 0 Å². The van der Waals surface area contributed by atoms with Crippen LogP contribution in [0.1, 0.15) is 35.7 Å². The molecule has 1 aliphatic heterocycles. The second-order valence-electron chi connectivity index (χ2n) is 6.31. The Morgan fingerprint density at radius 2 is 1.93 bits per heavy atom. The van der Waals surface area contributed by atoms with Gasteiger partial charge in [0.2, 0.25) is 6.79 Å². The Labute approximate surface area is 168 Å². The lowest BCUT2D eigenvalue weighted by Gasteiger charge is -2.07. The molecule has 0 fully saturated rings. The number of ether oxygens (including phenoxy) is 3. The van der Waals surface area contributed by atoms with E-state index in [-0.39, 0.29) is 19.2 Å². The van der Waals surface area contributed by atoms with Crippen LogP contribution in [0, 0.1) is 0 Å². The normalized spacial score (nSPS) is 12.0. The van der Waals surface area contributed by atoms with E-state index >= 15 is 0 Å². The van der Waals surface area contributed by atoms with Crippen molar-refractivity contribution < 1.29 is 23.8 Å². The smallest absolute Gasteiger partial charge is 0.259 e. The number of carbonyl (C=O) groups excluding carboxylic acids is 2. The van der Waals surface area contributed by atoms with E-state index in [4.69, 9.17) is 14.2 Å². The molecule has 0 saturated carbocycles. The van der Waals surface area contributed by atoms with Crippen molar-refractivity contribution in [2.24, 2.45) is 5.10 Å². The first-order chi connectivity index (χ1) is 14.2. The molecule has 0 saturated heterocycles. The zero-order valence-corrected chi connectivity index (χ0v) is 16.1. The first-order valence-corrected chi connectivity index (χ1v) is 9.38. The summed E-state index contributed by atoms with van der Waals surface area (Å²) in [5.41, 5.74) is 3.57. The van der Waals surface area contributed by atoms with Gasteiger partial charge < -0.3 is 19.5 Å². The minimum atomic E-state index is -0.435. The van der Waals surface area contributed by atoms with E-state index in [9.17, 15) is 9.59 Å². The molecule has 3 rings (SSSR count). The van der Waals surface area contributed by atoms with Gasteiger partial charge in [-0.25, -0.2) is 5.43 Å². The van der Waals surface area contributed by atoms with Gasteiger partial charge in [-0.05, 0) is 54.4 Å². The van der Waals surface area contributed by atoms with Crippen molar-refractivity contribution in [1.29, 1.82) is 0 Å². The van der Waals surface area contributed by atoms with Gasteiger partial charge >= 0.3 is 0 Å². The fourth-order valence-corrected chi connectivity index (χ4v) is 2.51. The number of unbranched alkanes of at least 4 members (excludes halogenated alkanes) is 1. The Balaban J connectivity index is 1.41. The molecule has 0 aliphatic carbocycles. The molecule has 8 heteroatoms. The summed E-state index contributed by atoms with van der Waals surface area (Å²) in [6.07, 6.45) is 3.52. The van der Waals surface area contributed by atoms with Crippen molar-refractivity contribution in [2.75, 3.05) is 19.9 Å². The van der Waals surface area contributed by atoms with Gasteiger partial charge in [0.25, 0.3) is 11.8 Å². The number of nitrogens with one attached hydrogen (secondary N) is 2. The third-order valence-corrected chi connectivity index (χ3v) is 4.09. The number of fused-ring (bicyclic) bond motifs is 1. The monoisotopic (exact) mass is 397 g/mol. The molecule has 2 aromatic carbocycles. The van der Waals surface area contributed by atoms with Gasteiger partial charge in [0.05, 0.1) is 19.4 Å². The summed E-state index contributed by atoms with van der Waals surface area (Å²) in [5.74, 6) is 1.24. The quantitative estimate of drug-likeness (QED) is 0.385. The fourth-order valence-electron chi connectivity index (χ4n) is 2.51. The molecule has 2 N–H and O–H groups in total. The minimum Gasteiger partial charge on any atom is -0.494 e. The average molecular weight is 397 g/mol. The number of nitrogens with zero attached hydrogens (tertiary/aromatic N) is 1. The van der Waals surface area contributed by atoms with Crippen LogP contribution in [0.5, 0.6) is 17.2 Å². The molecule has 0 unspecified atom stereocenters. The number of hydrogen-bond donors (Lipinski definition) is 2. The van der Waals surface area contributed by atoms with Crippen LogP contribution >= 0.6 is 0 Å². The number of rotatable bonds is 9. The van der Waals surface area contributed by atoms with Crippen molar-refractivity contribution in [2.45, 2.75) is 19.8 Å². The molecule has 2 aromatic rings. The molecular weight excluding hydrogens is 374 g/mol. The number of benzene rings is 2. The summed E-state index contributed by atoms with van der Waals surface area (Å²) >= 11 is 0. The molecule has 2 amide bonds. The van der Waals surface area contributed by atoms with Crippen LogP contribution in [0.15, 0.2) is 47.6 Å². The Morgan fingerprint density at radius 1 is 1.14 bits per heavy atom. The molecule has 29 heavy (non-hydrogen) atoms. The van der Waals surface area contributed by atoms with Gasteiger partial charge in [-0.1, -0.05) is 13.3 Å². The van der Waals surface area contributed by atoms with Crippen molar-refractivity contribution in [3.05, 3.63) is 53.6 Å². The Hall–Kier alpha value is -3.55. The zero-order chi connectivity index (χ0) is 20.5. The number of hydrogen-bond acceptors (Lipinski definition) is 6. The van der Waals surface area contributed by atoms with Gasteiger partial charge in [0.15, 0.2) is 11.5 Å². The van der Waals surface area contributed by atoms with E-state index in [1.807, 2.05) is 0 Å². The van der Waals surface area contributed by atoms with Gasteiger partial charge in [-0.2, -0.15) is 5.10 Å². The van der Waals surface area contributed by atoms with Crippen LogP contribution in [-0.4, -0.2) is 38.0 Å². The number of hydrazone groups is 1. The minimum absolute atomic E-state index is 0.188. The molecule has 1 heterocycles. The van der Waals surface area contributed by atoms with Crippen molar-refractivity contribution >= 4 is 18.0 Å². The van der Waals surface area contributed by atoms with Crippen molar-refractivity contribution in [3.63, 3.8) is 0 Å². The average Bonchev–Trinajstić information content (AvgIpc) is 3.20. The second-order valence-corrected chi connectivity index (χ2v) is 6.31. The summed E-state index contributed by atoms with van der Waals surface area (Å²) in [5, 5.41) is 6.43. The molecule has 1 aliphatic rings. The third kappa shape index (κ3) is 5.97. The van der Waals surface area contributed by atoms with Crippen molar-refractivity contribution in [3.8, 4) is 17.2 Å². The highest BCUT2D eigenvalue weighted by Gasteiger charge is 2.12. The van der Waals surface area contributed by atoms with E-state index in [1.165, 1.54) is 6.21 Å². The molecular formula is C21H23N3O5. The highest BCUT2D eigenvalue weighted by atomic mass is 16.7. The van der Waals surface area contributed by atoms with Crippen LogP contribution < -0.4 is 25.0 Å². The highest BCUT2D eigenvalue weighted by molar-refractivity contribution is 5.96. The maximum absolute atomic E-state index is 12.1. The lowest BCUT2D eigenvalue weighted by Crippen LogP contribution is -2.34. The zero-order valence-electron chi connectivity index (χ0n) is 16.1. The number of carbonyl (C=O) groups is 2. The summed E-state index contributed by atoms with van der Waals surface area (Å²) in [7, 11) is 0. The Bertz CT molecular complexity index is 880. The molecule has 8 nitrogen and oxygen atoms in total. The molecule has 0 bridgehead atoms. The van der Waals surface area contributed by atoms with E-state index in [2.05, 4.69) is 22.8 Å². The van der Waals surface area contributed by atoms with Crippen LogP contribution in [0.25, 0.3) is 0 Å². The maximum Gasteiger partial charge on any atom is 0.259 e. The van der Waals surface area contributed by atoms with E-state index in [1.54, 1.807) is 42.5 Å². The molecule has 0 spiro atoms. The largest absolute Gasteiger partial charge is 0.494 e. The van der Waals surface area contributed by atoms with Gasteiger partial charge in [-0.15, -0.1) is 0 Å². The first-order valence-electron chi connectivity index (χ1n) is 9.38. The molecule has 0 radical (unpaired) electrons. The summed E-state index contributed by atoms with van der Waals surface area (Å²) in [6, 6.07) is 12.1. The molecule has 0 atom stereocenters. The SMILES string of the molecule is CCCCOc1ccc(C(=O)NCC(=O)N/N=C\c2ccc3c(c2)OCO3)cc1. The molecule has 152 valence electrons. The van der Waals surface area contributed by atoms with Crippen molar-refractivity contribution in [1.82, 2.24) is 10.7 Å². The van der Waals surface area contributed by atoms with E-state index < -0.39 is 5.91 Å². The predicted molar refractivity (Wildman–Crippen MR) is 107 cm³/mol. The molecule has 0 aromatic heterocycles. The standard InChI is InChI=1S/C21H23N3O5/c1-2-3-10-27-17-7-5-16(6-8-17)21(26)22-13-20(25)24-23-12-15-4-9-18-19(11-15)29-14-28-18/h4-9,11-12H,2-3,10,13-14H2,1H3,(H,22,26)(H,24,25)/b23-12-. The Morgan fingerprint density at radius 3 is 2.72 bits per heavy atom. The highest BCUT2D eigenvalue weighted by Crippen LogP contribution is 2.31.